The molecule has 6 heteroatoms. The van der Waals surface area contributed by atoms with Gasteiger partial charge in [0.05, 0.1) is 12.7 Å². The molecule has 1 saturated carbocycles. The van der Waals surface area contributed by atoms with Crippen LogP contribution in [0.25, 0.3) is 11.1 Å². The number of methoxy groups -OCH3 is 1. The SMILES string of the molecule is CCC1CCC(c2ccc(OC(=O)c3ccc(-c4ccc(OC)cc4F)cc3)c(F)c2F)CC1. The van der Waals surface area contributed by atoms with Gasteiger partial charge in [0.2, 0.25) is 5.82 Å². The van der Waals surface area contributed by atoms with Crippen LogP contribution >= 0.6 is 0 Å². The number of benzene rings is 3. The van der Waals surface area contributed by atoms with Gasteiger partial charge in [-0.25, -0.2) is 13.6 Å². The second-order valence-electron chi connectivity index (χ2n) is 8.72. The predicted molar refractivity (Wildman–Crippen MR) is 125 cm³/mol. The molecular weight excluding hydrogens is 441 g/mol. The minimum absolute atomic E-state index is 0.0204. The smallest absolute Gasteiger partial charge is 0.343 e. The number of halogens is 3. The summed E-state index contributed by atoms with van der Waals surface area (Å²) in [6, 6.07) is 13.4. The van der Waals surface area contributed by atoms with Gasteiger partial charge >= 0.3 is 5.97 Å². The van der Waals surface area contributed by atoms with E-state index in [4.69, 9.17) is 9.47 Å². The first kappa shape index (κ1) is 23.9. The summed E-state index contributed by atoms with van der Waals surface area (Å²) in [6.07, 6.45) is 4.78. The molecule has 0 aromatic heterocycles. The van der Waals surface area contributed by atoms with Gasteiger partial charge in [-0.2, -0.15) is 4.39 Å². The van der Waals surface area contributed by atoms with E-state index in [-0.39, 0.29) is 11.5 Å². The number of hydrogen-bond donors (Lipinski definition) is 0. The molecule has 3 aromatic carbocycles. The molecule has 1 fully saturated rings. The van der Waals surface area contributed by atoms with Gasteiger partial charge in [-0.1, -0.05) is 31.5 Å². The Morgan fingerprint density at radius 3 is 2.24 bits per heavy atom. The summed E-state index contributed by atoms with van der Waals surface area (Å²) in [5.41, 5.74) is 1.38. The van der Waals surface area contributed by atoms with Crippen LogP contribution < -0.4 is 9.47 Å². The lowest BCUT2D eigenvalue weighted by Gasteiger charge is -2.28. The highest BCUT2D eigenvalue weighted by Crippen LogP contribution is 2.39. The molecule has 0 unspecified atom stereocenters. The largest absolute Gasteiger partial charge is 0.497 e. The third-order valence-electron chi connectivity index (χ3n) is 6.75. The first-order chi connectivity index (χ1) is 16.4. The van der Waals surface area contributed by atoms with Gasteiger partial charge in [-0.05, 0) is 79.0 Å². The second-order valence-corrected chi connectivity index (χ2v) is 8.72. The Balaban J connectivity index is 1.47. The quantitative estimate of drug-likeness (QED) is 0.275. The van der Waals surface area contributed by atoms with Gasteiger partial charge < -0.3 is 9.47 Å². The van der Waals surface area contributed by atoms with Crippen molar-refractivity contribution in [1.82, 2.24) is 0 Å². The highest BCUT2D eigenvalue weighted by Gasteiger charge is 2.26. The highest BCUT2D eigenvalue weighted by atomic mass is 19.2. The number of rotatable bonds is 6. The zero-order chi connectivity index (χ0) is 24.2. The summed E-state index contributed by atoms with van der Waals surface area (Å²) in [6.45, 7) is 2.15. The maximum absolute atomic E-state index is 14.8. The zero-order valence-electron chi connectivity index (χ0n) is 19.2. The van der Waals surface area contributed by atoms with Crippen LogP contribution in [0.3, 0.4) is 0 Å². The Morgan fingerprint density at radius 1 is 0.912 bits per heavy atom. The molecule has 1 aliphatic carbocycles. The number of esters is 1. The Hall–Kier alpha value is -3.28. The van der Waals surface area contributed by atoms with Crippen LogP contribution in [0.2, 0.25) is 0 Å². The average Bonchev–Trinajstić information content (AvgIpc) is 2.87. The number of hydrogen-bond acceptors (Lipinski definition) is 3. The Morgan fingerprint density at radius 2 is 1.62 bits per heavy atom. The molecule has 0 N–H and O–H groups in total. The van der Waals surface area contributed by atoms with Crippen LogP contribution in [-0.4, -0.2) is 13.1 Å². The Kier molecular flexibility index (Phi) is 7.25. The predicted octanol–water partition coefficient (Wildman–Crippen LogP) is 7.68. The van der Waals surface area contributed by atoms with Crippen molar-refractivity contribution in [3.63, 3.8) is 0 Å². The number of carbonyl (C=O) groups is 1. The lowest BCUT2D eigenvalue weighted by Crippen LogP contribution is -2.15. The lowest BCUT2D eigenvalue weighted by atomic mass is 9.77. The second kappa shape index (κ2) is 10.3. The number of ether oxygens (including phenoxy) is 2. The van der Waals surface area contributed by atoms with E-state index in [1.54, 1.807) is 24.3 Å². The van der Waals surface area contributed by atoms with Crippen molar-refractivity contribution in [3.8, 4) is 22.6 Å². The van der Waals surface area contributed by atoms with E-state index >= 15 is 0 Å². The Labute approximate surface area is 197 Å². The molecule has 0 spiro atoms. The summed E-state index contributed by atoms with van der Waals surface area (Å²) < 4.78 is 54.0. The summed E-state index contributed by atoms with van der Waals surface area (Å²) >= 11 is 0. The molecule has 0 radical (unpaired) electrons. The van der Waals surface area contributed by atoms with Crippen LogP contribution in [0.15, 0.2) is 54.6 Å². The highest BCUT2D eigenvalue weighted by molar-refractivity contribution is 5.91. The molecule has 0 saturated heterocycles. The van der Waals surface area contributed by atoms with Gasteiger partial charge in [0.15, 0.2) is 11.6 Å². The van der Waals surface area contributed by atoms with Crippen molar-refractivity contribution in [1.29, 1.82) is 0 Å². The topological polar surface area (TPSA) is 35.5 Å². The van der Waals surface area contributed by atoms with Crippen LogP contribution in [0.5, 0.6) is 11.5 Å². The zero-order valence-corrected chi connectivity index (χ0v) is 19.2. The molecule has 3 aromatic rings. The van der Waals surface area contributed by atoms with E-state index in [0.29, 0.717) is 28.4 Å². The van der Waals surface area contributed by atoms with Crippen molar-refractivity contribution >= 4 is 5.97 Å². The first-order valence-electron chi connectivity index (χ1n) is 11.5. The van der Waals surface area contributed by atoms with Gasteiger partial charge in [0.1, 0.15) is 11.6 Å². The molecule has 34 heavy (non-hydrogen) atoms. The normalized spacial score (nSPS) is 17.9. The molecule has 0 amide bonds. The first-order valence-corrected chi connectivity index (χ1v) is 11.5. The monoisotopic (exact) mass is 468 g/mol. The lowest BCUT2D eigenvalue weighted by molar-refractivity contribution is 0.0726. The summed E-state index contributed by atoms with van der Waals surface area (Å²) in [5, 5.41) is 0. The van der Waals surface area contributed by atoms with Crippen molar-refractivity contribution in [2.75, 3.05) is 7.11 Å². The van der Waals surface area contributed by atoms with Crippen LogP contribution in [0.1, 0.15) is 60.9 Å². The van der Waals surface area contributed by atoms with Crippen molar-refractivity contribution in [2.45, 2.75) is 44.9 Å². The van der Waals surface area contributed by atoms with E-state index in [1.165, 1.54) is 37.4 Å². The fourth-order valence-electron chi connectivity index (χ4n) is 4.62. The van der Waals surface area contributed by atoms with Gasteiger partial charge in [-0.15, -0.1) is 0 Å². The molecule has 0 atom stereocenters. The molecule has 0 heterocycles. The molecule has 178 valence electrons. The summed E-state index contributed by atoms with van der Waals surface area (Å²) in [5.74, 6) is -2.80. The van der Waals surface area contributed by atoms with Crippen molar-refractivity contribution in [2.24, 2.45) is 5.92 Å². The molecule has 4 rings (SSSR count). The van der Waals surface area contributed by atoms with E-state index in [9.17, 15) is 18.0 Å². The number of carbonyl (C=O) groups excluding carboxylic acids is 1. The molecule has 0 bridgehead atoms. The van der Waals surface area contributed by atoms with Crippen molar-refractivity contribution < 1.29 is 27.4 Å². The van der Waals surface area contributed by atoms with Crippen LogP contribution in [0, 0.1) is 23.4 Å². The average molecular weight is 469 g/mol. The maximum Gasteiger partial charge on any atom is 0.343 e. The van der Waals surface area contributed by atoms with E-state index in [0.717, 1.165) is 32.1 Å². The van der Waals surface area contributed by atoms with Crippen LogP contribution in [-0.2, 0) is 0 Å². The van der Waals surface area contributed by atoms with Crippen LogP contribution in [0.4, 0.5) is 13.2 Å². The molecular formula is C28H27F3O3. The van der Waals surface area contributed by atoms with Gasteiger partial charge in [-0.3, -0.25) is 0 Å². The van der Waals surface area contributed by atoms with Crippen molar-refractivity contribution in [3.05, 3.63) is 83.2 Å². The molecule has 1 aliphatic rings. The maximum atomic E-state index is 14.8. The van der Waals surface area contributed by atoms with E-state index in [2.05, 4.69) is 6.92 Å². The van der Waals surface area contributed by atoms with E-state index < -0.39 is 29.2 Å². The van der Waals surface area contributed by atoms with E-state index in [1.807, 2.05) is 0 Å². The molecule has 0 aliphatic heterocycles. The fraction of sp³-hybridized carbons (Fsp3) is 0.321. The Bertz CT molecular complexity index is 1170. The third-order valence-corrected chi connectivity index (χ3v) is 6.75. The molecule has 3 nitrogen and oxygen atoms in total. The summed E-state index contributed by atoms with van der Waals surface area (Å²) in [4.78, 5) is 12.5. The minimum atomic E-state index is -1.15. The van der Waals surface area contributed by atoms with Gasteiger partial charge in [0.25, 0.3) is 0 Å². The standard InChI is InChI=1S/C28H27F3O3/c1-3-17-4-6-19(7-5-17)23-14-15-25(27(31)26(23)30)34-28(32)20-10-8-18(9-11-20)22-13-12-21(33-2)16-24(22)29/h8-17,19H,3-7H2,1-2H3. The van der Waals surface area contributed by atoms with Gasteiger partial charge in [0, 0.05) is 11.6 Å². The fourth-order valence-corrected chi connectivity index (χ4v) is 4.62. The summed E-state index contributed by atoms with van der Waals surface area (Å²) in [7, 11) is 1.45. The third kappa shape index (κ3) is 4.96. The minimum Gasteiger partial charge on any atom is -0.497 e.